The Morgan fingerprint density at radius 1 is 1.06 bits per heavy atom. The SMILES string of the molecule is COc1ccc(-c2nnc(NC(=O)C(NC(=O)c3cccc(C(F)(F)F)c3)C(C)C)s2)cc1. The number of ether oxygens (including phenoxy) is 1. The third-order valence-electron chi connectivity index (χ3n) is 4.68. The van der Waals surface area contributed by atoms with Gasteiger partial charge in [-0.1, -0.05) is 31.3 Å². The van der Waals surface area contributed by atoms with E-state index >= 15 is 0 Å². The minimum absolute atomic E-state index is 0.194. The molecular formula is C22H21F3N4O3S. The number of aromatic nitrogens is 2. The summed E-state index contributed by atoms with van der Waals surface area (Å²) in [6.45, 7) is 3.42. The van der Waals surface area contributed by atoms with Crippen LogP contribution in [0.15, 0.2) is 48.5 Å². The number of nitrogens with zero attached hydrogens (tertiary/aromatic N) is 2. The van der Waals surface area contributed by atoms with Gasteiger partial charge in [0.25, 0.3) is 5.91 Å². The molecule has 0 aliphatic heterocycles. The summed E-state index contributed by atoms with van der Waals surface area (Å²) >= 11 is 1.14. The summed E-state index contributed by atoms with van der Waals surface area (Å²) in [7, 11) is 1.56. The Hall–Kier alpha value is -3.47. The van der Waals surface area contributed by atoms with Crippen LogP contribution in [0.25, 0.3) is 10.6 Å². The van der Waals surface area contributed by atoms with Crippen LogP contribution in [0.1, 0.15) is 29.8 Å². The van der Waals surface area contributed by atoms with Crippen molar-refractivity contribution in [2.45, 2.75) is 26.1 Å². The molecule has 1 aromatic heterocycles. The van der Waals surface area contributed by atoms with Gasteiger partial charge in [-0.15, -0.1) is 10.2 Å². The quantitative estimate of drug-likeness (QED) is 0.517. The van der Waals surface area contributed by atoms with E-state index in [4.69, 9.17) is 4.74 Å². The van der Waals surface area contributed by atoms with Gasteiger partial charge < -0.3 is 10.1 Å². The van der Waals surface area contributed by atoms with Gasteiger partial charge >= 0.3 is 6.18 Å². The lowest BCUT2D eigenvalue weighted by molar-refractivity contribution is -0.137. The predicted molar refractivity (Wildman–Crippen MR) is 118 cm³/mol. The number of alkyl halides is 3. The number of anilines is 1. The van der Waals surface area contributed by atoms with E-state index in [0.29, 0.717) is 10.8 Å². The fourth-order valence-corrected chi connectivity index (χ4v) is 3.66. The zero-order chi connectivity index (χ0) is 24.2. The second-order valence-corrected chi connectivity index (χ2v) is 8.38. The lowest BCUT2D eigenvalue weighted by atomic mass is 10.0. The molecular weight excluding hydrogens is 457 g/mol. The largest absolute Gasteiger partial charge is 0.497 e. The summed E-state index contributed by atoms with van der Waals surface area (Å²) in [4.78, 5) is 25.3. The molecule has 2 aromatic carbocycles. The number of carbonyl (C=O) groups excluding carboxylic acids is 2. The Kier molecular flexibility index (Phi) is 7.32. The van der Waals surface area contributed by atoms with Crippen LogP contribution in [0.4, 0.5) is 18.3 Å². The number of amides is 2. The van der Waals surface area contributed by atoms with E-state index in [0.717, 1.165) is 35.1 Å². The van der Waals surface area contributed by atoms with E-state index in [1.165, 1.54) is 6.07 Å². The molecule has 2 N–H and O–H groups in total. The monoisotopic (exact) mass is 478 g/mol. The molecule has 3 rings (SSSR count). The van der Waals surface area contributed by atoms with Gasteiger partial charge in [0, 0.05) is 11.1 Å². The molecule has 0 aliphatic rings. The van der Waals surface area contributed by atoms with Crippen LogP contribution in [0, 0.1) is 5.92 Å². The van der Waals surface area contributed by atoms with Crippen LogP contribution in [-0.4, -0.2) is 35.2 Å². The number of halogens is 3. The minimum Gasteiger partial charge on any atom is -0.497 e. The second kappa shape index (κ2) is 9.99. The normalized spacial score (nSPS) is 12.3. The summed E-state index contributed by atoms with van der Waals surface area (Å²) in [6, 6.07) is 10.2. The fraction of sp³-hybridized carbons (Fsp3) is 0.273. The van der Waals surface area contributed by atoms with Crippen molar-refractivity contribution in [1.82, 2.24) is 15.5 Å². The molecule has 1 atom stereocenters. The molecule has 2 amide bonds. The molecule has 0 radical (unpaired) electrons. The van der Waals surface area contributed by atoms with Crippen molar-refractivity contribution in [3.05, 3.63) is 59.7 Å². The maximum absolute atomic E-state index is 12.9. The summed E-state index contributed by atoms with van der Waals surface area (Å²) in [5.41, 5.74) is -0.353. The number of carbonyl (C=O) groups is 2. The van der Waals surface area contributed by atoms with Crippen LogP contribution in [0.5, 0.6) is 5.75 Å². The molecule has 0 spiro atoms. The first-order chi connectivity index (χ1) is 15.6. The first-order valence-corrected chi connectivity index (χ1v) is 10.7. The van der Waals surface area contributed by atoms with Gasteiger partial charge in [0.05, 0.1) is 12.7 Å². The summed E-state index contributed by atoms with van der Waals surface area (Å²) in [5.74, 6) is -0.990. The molecule has 0 bridgehead atoms. The highest BCUT2D eigenvalue weighted by Gasteiger charge is 2.31. The smallest absolute Gasteiger partial charge is 0.416 e. The number of hydrogen-bond donors (Lipinski definition) is 2. The summed E-state index contributed by atoms with van der Waals surface area (Å²) < 4.78 is 43.9. The van der Waals surface area contributed by atoms with Crippen molar-refractivity contribution < 1.29 is 27.5 Å². The molecule has 174 valence electrons. The van der Waals surface area contributed by atoms with E-state index in [2.05, 4.69) is 20.8 Å². The van der Waals surface area contributed by atoms with Crippen molar-refractivity contribution in [3.63, 3.8) is 0 Å². The number of nitrogens with one attached hydrogen (secondary N) is 2. The highest BCUT2D eigenvalue weighted by molar-refractivity contribution is 7.18. The van der Waals surface area contributed by atoms with Gasteiger partial charge in [0.1, 0.15) is 16.8 Å². The lowest BCUT2D eigenvalue weighted by Crippen LogP contribution is -2.47. The van der Waals surface area contributed by atoms with E-state index in [1.807, 2.05) is 0 Å². The Labute approximate surface area is 192 Å². The standard InChI is InChI=1S/C22H21F3N4O3S/c1-12(2)17(26-18(30)14-5-4-6-15(11-14)22(23,24)25)19(31)27-21-29-28-20(33-21)13-7-9-16(32-3)10-8-13/h4-12,17H,1-3H3,(H,26,30)(H,27,29,31). The van der Waals surface area contributed by atoms with E-state index in [-0.39, 0.29) is 16.6 Å². The fourth-order valence-electron chi connectivity index (χ4n) is 2.90. The van der Waals surface area contributed by atoms with Gasteiger partial charge in [0.15, 0.2) is 0 Å². The average molecular weight is 478 g/mol. The Balaban J connectivity index is 1.71. The predicted octanol–water partition coefficient (Wildman–Crippen LogP) is 4.63. The molecule has 3 aromatic rings. The van der Waals surface area contributed by atoms with Crippen LogP contribution in [-0.2, 0) is 11.0 Å². The highest BCUT2D eigenvalue weighted by Crippen LogP contribution is 2.30. The van der Waals surface area contributed by atoms with Gasteiger partial charge in [-0.05, 0) is 48.4 Å². The molecule has 0 aliphatic carbocycles. The number of rotatable bonds is 7. The zero-order valence-corrected chi connectivity index (χ0v) is 18.8. The van der Waals surface area contributed by atoms with Gasteiger partial charge in [-0.3, -0.25) is 14.9 Å². The maximum Gasteiger partial charge on any atom is 0.416 e. The minimum atomic E-state index is -4.58. The zero-order valence-electron chi connectivity index (χ0n) is 17.9. The highest BCUT2D eigenvalue weighted by atomic mass is 32.1. The topological polar surface area (TPSA) is 93.2 Å². The second-order valence-electron chi connectivity index (χ2n) is 7.40. The first-order valence-electron chi connectivity index (χ1n) is 9.85. The van der Waals surface area contributed by atoms with Crippen molar-refractivity contribution in [3.8, 4) is 16.3 Å². The van der Waals surface area contributed by atoms with Crippen molar-refractivity contribution in [2.24, 2.45) is 5.92 Å². The third kappa shape index (κ3) is 6.07. The molecule has 1 unspecified atom stereocenters. The molecule has 1 heterocycles. The van der Waals surface area contributed by atoms with Gasteiger partial charge in [-0.2, -0.15) is 13.2 Å². The third-order valence-corrected chi connectivity index (χ3v) is 5.57. The lowest BCUT2D eigenvalue weighted by Gasteiger charge is -2.21. The summed E-state index contributed by atoms with van der Waals surface area (Å²) in [6.07, 6.45) is -4.58. The van der Waals surface area contributed by atoms with Gasteiger partial charge in [-0.25, -0.2) is 0 Å². The van der Waals surface area contributed by atoms with Gasteiger partial charge in [0.2, 0.25) is 11.0 Å². The molecule has 11 heteroatoms. The van der Waals surface area contributed by atoms with Crippen molar-refractivity contribution in [2.75, 3.05) is 12.4 Å². The Morgan fingerprint density at radius 3 is 2.36 bits per heavy atom. The Bertz CT molecular complexity index is 1130. The average Bonchev–Trinajstić information content (AvgIpc) is 3.25. The summed E-state index contributed by atoms with van der Waals surface area (Å²) in [5, 5.41) is 13.9. The number of hydrogen-bond acceptors (Lipinski definition) is 6. The van der Waals surface area contributed by atoms with E-state index in [1.54, 1.807) is 45.2 Å². The first kappa shape index (κ1) is 24.2. The van der Waals surface area contributed by atoms with Crippen LogP contribution in [0.3, 0.4) is 0 Å². The van der Waals surface area contributed by atoms with Crippen LogP contribution >= 0.6 is 11.3 Å². The molecule has 33 heavy (non-hydrogen) atoms. The number of methoxy groups -OCH3 is 1. The Morgan fingerprint density at radius 2 is 1.76 bits per heavy atom. The van der Waals surface area contributed by atoms with Crippen LogP contribution < -0.4 is 15.4 Å². The van der Waals surface area contributed by atoms with Crippen LogP contribution in [0.2, 0.25) is 0 Å². The molecule has 0 saturated heterocycles. The van der Waals surface area contributed by atoms with E-state index in [9.17, 15) is 22.8 Å². The number of benzene rings is 2. The molecule has 7 nitrogen and oxygen atoms in total. The van der Waals surface area contributed by atoms with E-state index < -0.39 is 29.6 Å². The molecule has 0 saturated carbocycles. The molecule has 0 fully saturated rings. The maximum atomic E-state index is 12.9. The van der Waals surface area contributed by atoms with Crippen molar-refractivity contribution >= 4 is 28.3 Å². The van der Waals surface area contributed by atoms with Crippen molar-refractivity contribution in [1.29, 1.82) is 0 Å².